The summed E-state index contributed by atoms with van der Waals surface area (Å²) in [6.45, 7) is 7.36. The van der Waals surface area contributed by atoms with Gasteiger partial charge in [0.05, 0.1) is 32.8 Å². The fourth-order valence-electron chi connectivity index (χ4n) is 2.05. The molecule has 26 heavy (non-hydrogen) atoms. The molecule has 1 aromatic heterocycles. The van der Waals surface area contributed by atoms with Gasteiger partial charge in [-0.2, -0.15) is 0 Å². The fraction of sp³-hybridized carbons (Fsp3) is 0.529. The zero-order valence-corrected chi connectivity index (χ0v) is 16.4. The molecule has 0 saturated carbocycles. The molecule has 146 valence electrons. The van der Waals surface area contributed by atoms with E-state index in [-0.39, 0.29) is 49.7 Å². The Kier molecular flexibility index (Phi) is 9.34. The summed E-state index contributed by atoms with van der Waals surface area (Å²) in [4.78, 5) is 23.5. The van der Waals surface area contributed by atoms with Crippen LogP contribution in [0.4, 0.5) is 0 Å². The van der Waals surface area contributed by atoms with Gasteiger partial charge in [0, 0.05) is 0 Å². The third-order valence-corrected chi connectivity index (χ3v) is 5.18. The van der Waals surface area contributed by atoms with Crippen LogP contribution in [0.25, 0.3) is 5.31 Å². The Morgan fingerprint density at radius 2 is 1.54 bits per heavy atom. The molecule has 0 saturated heterocycles. The normalized spacial score (nSPS) is 12.1. The van der Waals surface area contributed by atoms with Crippen LogP contribution in [-0.2, 0) is 27.9 Å². The molecule has 0 unspecified atom stereocenters. The molecule has 0 aliphatic carbocycles. The number of carbonyl (C=O) groups excluding carboxylic acids is 2. The van der Waals surface area contributed by atoms with Crippen molar-refractivity contribution in [2.75, 3.05) is 26.4 Å². The molecule has 8 nitrogen and oxygen atoms in total. The van der Waals surface area contributed by atoms with Gasteiger partial charge in [-0.05, 0) is 39.8 Å². The highest BCUT2D eigenvalue weighted by Crippen LogP contribution is 2.60. The Labute approximate surface area is 153 Å². The van der Waals surface area contributed by atoms with Crippen LogP contribution < -0.4 is 0 Å². The van der Waals surface area contributed by atoms with Gasteiger partial charge in [-0.3, -0.25) is 9.36 Å². The Hall–Kier alpha value is -1.89. The Balaban J connectivity index is 3.27. The summed E-state index contributed by atoms with van der Waals surface area (Å²) in [5.74, 6) is -1.10. The van der Waals surface area contributed by atoms with Crippen molar-refractivity contribution >= 4 is 24.8 Å². The summed E-state index contributed by atoms with van der Waals surface area (Å²) in [5.41, 5.74) is 0. The molecule has 1 heterocycles. The largest absolute Gasteiger partial charge is 0.466 e. The lowest BCUT2D eigenvalue weighted by atomic mass is 10.3. The number of hydrogen-bond acceptors (Lipinski definition) is 8. The third kappa shape index (κ3) is 6.12. The highest BCUT2D eigenvalue weighted by Gasteiger charge is 2.33. The van der Waals surface area contributed by atoms with Crippen molar-refractivity contribution in [2.45, 2.75) is 34.1 Å². The summed E-state index contributed by atoms with van der Waals surface area (Å²) in [7, 11) is -3.75. The molecule has 0 aliphatic heterocycles. The Bertz CT molecular complexity index is 666. The van der Waals surface area contributed by atoms with Crippen LogP contribution in [0.5, 0.6) is 0 Å². The number of rotatable bonds is 11. The number of esters is 2. The summed E-state index contributed by atoms with van der Waals surface area (Å²) in [6, 6.07) is 2.85. The van der Waals surface area contributed by atoms with Crippen LogP contribution in [0.15, 0.2) is 22.6 Å². The van der Waals surface area contributed by atoms with E-state index in [0.717, 1.165) is 0 Å². The zero-order valence-electron chi connectivity index (χ0n) is 15.5. The summed E-state index contributed by atoms with van der Waals surface area (Å²) in [5, 5.41) is 0.0600. The van der Waals surface area contributed by atoms with Gasteiger partial charge in [-0.25, -0.2) is 4.79 Å². The van der Waals surface area contributed by atoms with Gasteiger partial charge >= 0.3 is 19.5 Å². The summed E-state index contributed by atoms with van der Waals surface area (Å²) >= 11 is 0. The first-order chi connectivity index (χ1) is 12.4. The summed E-state index contributed by atoms with van der Waals surface area (Å²) < 4.78 is 39.0. The molecular formula is C17H25O8P. The molecular weight excluding hydrogens is 363 g/mol. The van der Waals surface area contributed by atoms with Crippen LogP contribution >= 0.6 is 7.60 Å². The monoisotopic (exact) mass is 388 g/mol. The standard InChI is InChI=1S/C17H25O8P/c1-5-21-16(18)12-11-15(26(20,23-7-3)24-8-4)13-9-10-14(25-13)17(19)22-6-2/h9-11H,5-8,12H2,1-4H3/b15-11+. The smallest absolute Gasteiger partial charge is 0.374 e. The molecule has 0 fully saturated rings. The van der Waals surface area contributed by atoms with Crippen LogP contribution in [-0.4, -0.2) is 38.4 Å². The first kappa shape index (κ1) is 22.2. The molecule has 1 rings (SSSR count). The van der Waals surface area contributed by atoms with Crippen molar-refractivity contribution in [3.05, 3.63) is 29.7 Å². The van der Waals surface area contributed by atoms with Gasteiger partial charge in [0.25, 0.3) is 0 Å². The minimum atomic E-state index is -3.75. The van der Waals surface area contributed by atoms with Gasteiger partial charge in [-0.15, -0.1) is 0 Å². The zero-order chi connectivity index (χ0) is 19.6. The van der Waals surface area contributed by atoms with Crippen molar-refractivity contribution in [1.29, 1.82) is 0 Å². The van der Waals surface area contributed by atoms with E-state index in [1.807, 2.05) is 0 Å². The minimum absolute atomic E-state index is 0.0524. The van der Waals surface area contributed by atoms with Crippen molar-refractivity contribution < 1.29 is 37.1 Å². The average Bonchev–Trinajstić information content (AvgIpc) is 3.05. The number of furan rings is 1. The number of hydrogen-bond donors (Lipinski definition) is 0. The Morgan fingerprint density at radius 3 is 2.08 bits per heavy atom. The maximum Gasteiger partial charge on any atom is 0.374 e. The second-order valence-electron chi connectivity index (χ2n) is 4.82. The number of ether oxygens (including phenoxy) is 2. The SMILES string of the molecule is CCOC(=O)C/C=C(\c1ccc(C(=O)OCC)o1)P(=O)(OCC)OCC. The van der Waals surface area contributed by atoms with Crippen LogP contribution in [0.1, 0.15) is 50.4 Å². The van der Waals surface area contributed by atoms with Crippen LogP contribution in [0, 0.1) is 0 Å². The van der Waals surface area contributed by atoms with E-state index in [1.54, 1.807) is 27.7 Å². The van der Waals surface area contributed by atoms with Gasteiger partial charge in [0.15, 0.2) is 0 Å². The maximum atomic E-state index is 13.1. The van der Waals surface area contributed by atoms with E-state index in [0.29, 0.717) is 0 Å². The van der Waals surface area contributed by atoms with Crippen molar-refractivity contribution in [2.24, 2.45) is 0 Å². The fourth-order valence-corrected chi connectivity index (χ4v) is 3.79. The molecule has 0 spiro atoms. The molecule has 9 heteroatoms. The van der Waals surface area contributed by atoms with E-state index in [4.69, 9.17) is 22.9 Å². The van der Waals surface area contributed by atoms with Gasteiger partial charge < -0.3 is 22.9 Å². The van der Waals surface area contributed by atoms with Crippen LogP contribution in [0.2, 0.25) is 0 Å². The molecule has 0 bridgehead atoms. The third-order valence-electron chi connectivity index (χ3n) is 3.00. The lowest BCUT2D eigenvalue weighted by Gasteiger charge is -2.18. The van der Waals surface area contributed by atoms with Crippen molar-refractivity contribution in [1.82, 2.24) is 0 Å². The molecule has 0 atom stereocenters. The second-order valence-corrected chi connectivity index (χ2v) is 6.81. The van der Waals surface area contributed by atoms with Gasteiger partial charge in [0.2, 0.25) is 5.76 Å². The first-order valence-electron chi connectivity index (χ1n) is 8.44. The Morgan fingerprint density at radius 1 is 0.962 bits per heavy atom. The highest BCUT2D eigenvalue weighted by molar-refractivity contribution is 7.65. The van der Waals surface area contributed by atoms with E-state index < -0.39 is 19.5 Å². The molecule has 0 aliphatic rings. The topological polar surface area (TPSA) is 101 Å². The van der Waals surface area contributed by atoms with Gasteiger partial charge in [0.1, 0.15) is 11.1 Å². The lowest BCUT2D eigenvalue weighted by Crippen LogP contribution is -2.04. The van der Waals surface area contributed by atoms with Crippen molar-refractivity contribution in [3.63, 3.8) is 0 Å². The van der Waals surface area contributed by atoms with E-state index >= 15 is 0 Å². The van der Waals surface area contributed by atoms with E-state index in [2.05, 4.69) is 0 Å². The van der Waals surface area contributed by atoms with E-state index in [1.165, 1.54) is 18.2 Å². The lowest BCUT2D eigenvalue weighted by molar-refractivity contribution is -0.142. The van der Waals surface area contributed by atoms with E-state index in [9.17, 15) is 14.2 Å². The number of carbonyl (C=O) groups is 2. The van der Waals surface area contributed by atoms with Crippen LogP contribution in [0.3, 0.4) is 0 Å². The average molecular weight is 388 g/mol. The van der Waals surface area contributed by atoms with Gasteiger partial charge in [-0.1, -0.05) is 6.08 Å². The predicted molar refractivity (Wildman–Crippen MR) is 94.8 cm³/mol. The van der Waals surface area contributed by atoms with Crippen molar-refractivity contribution in [3.8, 4) is 0 Å². The summed E-state index contributed by atoms with van der Waals surface area (Å²) in [6.07, 6.45) is 1.22. The molecule has 0 radical (unpaired) electrons. The molecule has 0 N–H and O–H groups in total. The predicted octanol–water partition coefficient (Wildman–Crippen LogP) is 4.02. The molecule has 0 aromatic carbocycles. The molecule has 0 amide bonds. The quantitative estimate of drug-likeness (QED) is 0.414. The molecule has 1 aromatic rings. The minimum Gasteiger partial charge on any atom is -0.466 e. The highest BCUT2D eigenvalue weighted by atomic mass is 31.2. The second kappa shape index (κ2) is 11.0. The maximum absolute atomic E-state index is 13.1. The first-order valence-corrected chi connectivity index (χ1v) is 9.98.